The molecule has 0 saturated carbocycles. The van der Waals surface area contributed by atoms with Crippen LogP contribution in [-0.2, 0) is 16.1 Å². The van der Waals surface area contributed by atoms with Crippen molar-refractivity contribution >= 4 is 17.7 Å². The number of nitrogens with zero attached hydrogens (tertiary/aromatic N) is 1. The summed E-state index contributed by atoms with van der Waals surface area (Å²) in [4.78, 5) is 34.2. The van der Waals surface area contributed by atoms with Crippen molar-refractivity contribution in [2.75, 3.05) is 7.11 Å². The Hall–Kier alpha value is -3.88. The summed E-state index contributed by atoms with van der Waals surface area (Å²) >= 11 is 0. The first-order valence-corrected chi connectivity index (χ1v) is 8.71. The third kappa shape index (κ3) is 4.52. The summed E-state index contributed by atoms with van der Waals surface area (Å²) in [5.74, 6) is 0.0474. The normalized spacial score (nSPS) is 15.9. The number of amides is 2. The lowest BCUT2D eigenvalue weighted by atomic mass is 9.95. The third-order valence-corrected chi connectivity index (χ3v) is 4.44. The number of carbonyl (C=O) groups excluding carboxylic acids is 2. The minimum atomic E-state index is -0.639. The van der Waals surface area contributed by atoms with Crippen LogP contribution in [0.3, 0.4) is 0 Å². The molecule has 0 aromatic heterocycles. The van der Waals surface area contributed by atoms with Crippen LogP contribution in [0.4, 0.5) is 10.5 Å². The number of esters is 1. The monoisotopic (exact) mass is 397 g/mol. The number of hydrogen-bond acceptors (Lipinski definition) is 6. The number of benzene rings is 2. The highest BCUT2D eigenvalue weighted by Crippen LogP contribution is 2.29. The average Bonchev–Trinajstić information content (AvgIpc) is 2.72. The van der Waals surface area contributed by atoms with E-state index in [1.807, 2.05) is 0 Å². The van der Waals surface area contributed by atoms with Crippen molar-refractivity contribution in [2.24, 2.45) is 0 Å². The van der Waals surface area contributed by atoms with E-state index in [1.54, 1.807) is 43.3 Å². The van der Waals surface area contributed by atoms with E-state index < -0.39 is 23.0 Å². The van der Waals surface area contributed by atoms with Gasteiger partial charge in [0.1, 0.15) is 12.4 Å². The molecule has 1 atom stereocenters. The zero-order chi connectivity index (χ0) is 21.0. The Balaban J connectivity index is 1.72. The molecule has 0 aliphatic carbocycles. The van der Waals surface area contributed by atoms with Crippen LogP contribution in [0.2, 0.25) is 0 Å². The molecule has 0 fully saturated rings. The minimum Gasteiger partial charge on any atom is -0.489 e. The lowest BCUT2D eigenvalue weighted by molar-refractivity contribution is -0.384. The van der Waals surface area contributed by atoms with Crippen molar-refractivity contribution in [1.82, 2.24) is 10.6 Å². The quantitative estimate of drug-likeness (QED) is 0.439. The first-order chi connectivity index (χ1) is 13.9. The van der Waals surface area contributed by atoms with Gasteiger partial charge in [-0.05, 0) is 42.3 Å². The number of ether oxygens (including phenoxy) is 2. The number of carbonyl (C=O) groups is 2. The zero-order valence-electron chi connectivity index (χ0n) is 15.8. The average molecular weight is 397 g/mol. The van der Waals surface area contributed by atoms with Crippen molar-refractivity contribution in [3.63, 3.8) is 0 Å². The molecule has 2 aromatic rings. The van der Waals surface area contributed by atoms with E-state index in [2.05, 4.69) is 10.6 Å². The Morgan fingerprint density at radius 3 is 2.38 bits per heavy atom. The predicted molar refractivity (Wildman–Crippen MR) is 103 cm³/mol. The summed E-state index contributed by atoms with van der Waals surface area (Å²) in [7, 11) is 1.28. The molecule has 9 heteroatoms. The van der Waals surface area contributed by atoms with E-state index in [0.29, 0.717) is 22.6 Å². The van der Waals surface area contributed by atoms with Crippen molar-refractivity contribution < 1.29 is 24.0 Å². The van der Waals surface area contributed by atoms with E-state index in [-0.39, 0.29) is 12.3 Å². The fourth-order valence-corrected chi connectivity index (χ4v) is 2.96. The highest BCUT2D eigenvalue weighted by Gasteiger charge is 2.31. The summed E-state index contributed by atoms with van der Waals surface area (Å²) < 4.78 is 10.5. The molecule has 0 bridgehead atoms. The summed E-state index contributed by atoms with van der Waals surface area (Å²) in [6.45, 7) is 1.88. The van der Waals surface area contributed by atoms with E-state index in [9.17, 15) is 19.7 Å². The summed E-state index contributed by atoms with van der Waals surface area (Å²) in [6, 6.07) is 12.0. The maximum atomic E-state index is 12.1. The Morgan fingerprint density at radius 1 is 1.14 bits per heavy atom. The Kier molecular flexibility index (Phi) is 5.77. The molecule has 9 nitrogen and oxygen atoms in total. The second-order valence-corrected chi connectivity index (χ2v) is 6.34. The highest BCUT2D eigenvalue weighted by molar-refractivity contribution is 5.94. The second kappa shape index (κ2) is 8.42. The number of nitro benzene ring substituents is 1. The summed E-state index contributed by atoms with van der Waals surface area (Å²) in [6.07, 6.45) is 0. The fraction of sp³-hybridized carbons (Fsp3) is 0.200. The molecule has 29 heavy (non-hydrogen) atoms. The van der Waals surface area contributed by atoms with Gasteiger partial charge in [-0.1, -0.05) is 12.1 Å². The molecular weight excluding hydrogens is 378 g/mol. The van der Waals surface area contributed by atoms with E-state index >= 15 is 0 Å². The maximum Gasteiger partial charge on any atom is 0.337 e. The smallest absolute Gasteiger partial charge is 0.337 e. The number of urea groups is 1. The van der Waals surface area contributed by atoms with Crippen LogP contribution in [0.25, 0.3) is 0 Å². The van der Waals surface area contributed by atoms with Gasteiger partial charge in [0.05, 0.1) is 23.6 Å². The zero-order valence-corrected chi connectivity index (χ0v) is 15.8. The lowest BCUT2D eigenvalue weighted by Crippen LogP contribution is -2.45. The molecule has 2 aromatic carbocycles. The number of methoxy groups -OCH3 is 1. The highest BCUT2D eigenvalue weighted by atomic mass is 16.6. The van der Waals surface area contributed by atoms with Crippen molar-refractivity contribution in [3.05, 3.63) is 81.0 Å². The minimum absolute atomic E-state index is 0.0203. The SMILES string of the molecule is COC(=O)C1=C(C)NC(=O)NC1c1ccc(OCc2ccc([N+](=O)[O-])cc2)cc1. The molecule has 1 unspecified atom stereocenters. The fourth-order valence-electron chi connectivity index (χ4n) is 2.96. The largest absolute Gasteiger partial charge is 0.489 e. The molecule has 0 spiro atoms. The topological polar surface area (TPSA) is 120 Å². The van der Waals surface area contributed by atoms with Gasteiger partial charge in [-0.25, -0.2) is 9.59 Å². The van der Waals surface area contributed by atoms with Crippen molar-refractivity contribution in [3.8, 4) is 5.75 Å². The Labute approximate surface area is 166 Å². The molecule has 1 aliphatic rings. The van der Waals surface area contributed by atoms with E-state index in [0.717, 1.165) is 5.56 Å². The standard InChI is InChI=1S/C20H19N3O6/c1-12-17(19(24)28-2)18(22-20(25)21-12)14-5-9-16(10-6-14)29-11-13-3-7-15(8-4-13)23(26)27/h3-10,18H,11H2,1-2H3,(H2,21,22,25). The van der Waals surface area contributed by atoms with E-state index in [1.165, 1.54) is 19.2 Å². The van der Waals surface area contributed by atoms with Crippen LogP contribution in [0.5, 0.6) is 5.75 Å². The lowest BCUT2D eigenvalue weighted by Gasteiger charge is -2.27. The van der Waals surface area contributed by atoms with Crippen molar-refractivity contribution in [1.29, 1.82) is 0 Å². The van der Waals surface area contributed by atoms with Gasteiger partial charge in [-0.2, -0.15) is 0 Å². The van der Waals surface area contributed by atoms with Gasteiger partial charge < -0.3 is 20.1 Å². The molecule has 1 aliphatic heterocycles. The molecule has 150 valence electrons. The molecular formula is C20H19N3O6. The maximum absolute atomic E-state index is 12.1. The van der Waals surface area contributed by atoms with Gasteiger partial charge in [-0.3, -0.25) is 10.1 Å². The van der Waals surface area contributed by atoms with E-state index in [4.69, 9.17) is 9.47 Å². The number of nitrogens with one attached hydrogen (secondary N) is 2. The van der Waals surface area contributed by atoms with Gasteiger partial charge >= 0.3 is 12.0 Å². The van der Waals surface area contributed by atoms with Gasteiger partial charge in [0.15, 0.2) is 0 Å². The molecule has 0 radical (unpaired) electrons. The van der Waals surface area contributed by atoms with Crippen LogP contribution in [0.15, 0.2) is 59.8 Å². The third-order valence-electron chi connectivity index (χ3n) is 4.44. The van der Waals surface area contributed by atoms with Gasteiger partial charge in [0, 0.05) is 17.8 Å². The molecule has 2 amide bonds. The second-order valence-electron chi connectivity index (χ2n) is 6.34. The van der Waals surface area contributed by atoms with Gasteiger partial charge in [0.2, 0.25) is 0 Å². The first kappa shape index (κ1) is 19.9. The number of nitro groups is 1. The number of hydrogen-bond donors (Lipinski definition) is 2. The number of non-ortho nitro benzene ring substituents is 1. The summed E-state index contributed by atoms with van der Waals surface area (Å²) in [5.41, 5.74) is 2.27. The van der Waals surface area contributed by atoms with Gasteiger partial charge in [0.25, 0.3) is 5.69 Å². The molecule has 0 saturated heterocycles. The Morgan fingerprint density at radius 2 is 1.79 bits per heavy atom. The van der Waals surface area contributed by atoms with Crippen LogP contribution < -0.4 is 15.4 Å². The molecule has 3 rings (SSSR count). The number of rotatable bonds is 6. The van der Waals surface area contributed by atoms with Crippen LogP contribution >= 0.6 is 0 Å². The van der Waals surface area contributed by atoms with Crippen LogP contribution in [0.1, 0.15) is 24.1 Å². The Bertz CT molecular complexity index is 967. The predicted octanol–water partition coefficient (Wildman–Crippen LogP) is 2.97. The van der Waals surface area contributed by atoms with Crippen LogP contribution in [-0.4, -0.2) is 24.0 Å². The molecule has 2 N–H and O–H groups in total. The first-order valence-electron chi connectivity index (χ1n) is 8.71. The van der Waals surface area contributed by atoms with Crippen LogP contribution in [0, 0.1) is 10.1 Å². The molecule has 1 heterocycles. The van der Waals surface area contributed by atoms with Crippen molar-refractivity contribution in [2.45, 2.75) is 19.6 Å². The van der Waals surface area contributed by atoms with Gasteiger partial charge in [-0.15, -0.1) is 0 Å². The summed E-state index contributed by atoms with van der Waals surface area (Å²) in [5, 5.41) is 16.0. The number of allylic oxidation sites excluding steroid dienone is 1.